The van der Waals surface area contributed by atoms with E-state index in [1.54, 1.807) is 6.07 Å². The van der Waals surface area contributed by atoms with Gasteiger partial charge in [0.05, 0.1) is 18.3 Å². The van der Waals surface area contributed by atoms with Crippen molar-refractivity contribution < 1.29 is 8.91 Å². The summed E-state index contributed by atoms with van der Waals surface area (Å²) < 4.78 is 18.7. The first-order chi connectivity index (χ1) is 12.8. The summed E-state index contributed by atoms with van der Waals surface area (Å²) in [5.74, 6) is 0.925. The van der Waals surface area contributed by atoms with Crippen molar-refractivity contribution in [3.63, 3.8) is 0 Å². The molecular formula is C20H21FN4O. The van der Waals surface area contributed by atoms with Gasteiger partial charge in [0, 0.05) is 12.6 Å². The van der Waals surface area contributed by atoms with Gasteiger partial charge in [-0.05, 0) is 49.2 Å². The first-order valence-electron chi connectivity index (χ1n) is 8.99. The van der Waals surface area contributed by atoms with Gasteiger partial charge in [0.2, 0.25) is 5.89 Å². The SMILES string of the molecule is Fc1cccc(Cc2noc(CN3CCCCC3c3ccccn3)n2)c1. The molecule has 6 heteroatoms. The fraction of sp³-hybridized carbons (Fsp3) is 0.350. The summed E-state index contributed by atoms with van der Waals surface area (Å²) in [7, 11) is 0. The minimum Gasteiger partial charge on any atom is -0.338 e. The molecule has 0 N–H and O–H groups in total. The summed E-state index contributed by atoms with van der Waals surface area (Å²) in [4.78, 5) is 11.4. The monoisotopic (exact) mass is 352 g/mol. The second kappa shape index (κ2) is 7.74. The number of pyridine rings is 1. The molecule has 134 valence electrons. The lowest BCUT2D eigenvalue weighted by Gasteiger charge is -2.34. The van der Waals surface area contributed by atoms with E-state index in [0.29, 0.717) is 24.7 Å². The Kier molecular flexibility index (Phi) is 5.02. The lowest BCUT2D eigenvalue weighted by molar-refractivity contribution is 0.121. The van der Waals surface area contributed by atoms with E-state index in [1.165, 1.54) is 18.6 Å². The Balaban J connectivity index is 1.45. The molecule has 1 aliphatic rings. The molecule has 1 atom stereocenters. The zero-order chi connectivity index (χ0) is 17.8. The van der Waals surface area contributed by atoms with Crippen LogP contribution < -0.4 is 0 Å². The maximum Gasteiger partial charge on any atom is 0.240 e. The summed E-state index contributed by atoms with van der Waals surface area (Å²) in [6, 6.07) is 12.8. The molecule has 0 saturated carbocycles. The Morgan fingerprint density at radius 1 is 1.15 bits per heavy atom. The summed E-state index contributed by atoms with van der Waals surface area (Å²) >= 11 is 0. The van der Waals surface area contributed by atoms with Crippen molar-refractivity contribution in [3.8, 4) is 0 Å². The van der Waals surface area contributed by atoms with Crippen molar-refractivity contribution in [2.45, 2.75) is 38.3 Å². The Morgan fingerprint density at radius 3 is 2.96 bits per heavy atom. The lowest BCUT2D eigenvalue weighted by Crippen LogP contribution is -2.33. The average molecular weight is 352 g/mol. The highest BCUT2D eigenvalue weighted by molar-refractivity contribution is 5.19. The Labute approximate surface area is 151 Å². The van der Waals surface area contributed by atoms with Crippen molar-refractivity contribution in [1.82, 2.24) is 20.0 Å². The van der Waals surface area contributed by atoms with Crippen molar-refractivity contribution in [1.29, 1.82) is 0 Å². The highest BCUT2D eigenvalue weighted by Gasteiger charge is 2.26. The molecule has 0 radical (unpaired) electrons. The molecule has 1 saturated heterocycles. The standard InChI is InChI=1S/C20H21FN4O/c21-16-7-5-6-15(12-16)13-19-23-20(26-24-19)14-25-11-4-2-9-18(25)17-8-1-3-10-22-17/h1,3,5-8,10,12,18H,2,4,9,11,13-14H2. The predicted molar refractivity (Wildman–Crippen MR) is 94.7 cm³/mol. The predicted octanol–water partition coefficient (Wildman–Crippen LogP) is 3.92. The van der Waals surface area contributed by atoms with Gasteiger partial charge in [-0.1, -0.05) is 29.8 Å². The molecule has 1 aliphatic heterocycles. The molecule has 3 aromatic rings. The van der Waals surface area contributed by atoms with Crippen LogP contribution in [-0.4, -0.2) is 26.6 Å². The van der Waals surface area contributed by atoms with Crippen molar-refractivity contribution >= 4 is 0 Å². The quantitative estimate of drug-likeness (QED) is 0.696. The zero-order valence-corrected chi connectivity index (χ0v) is 14.5. The third kappa shape index (κ3) is 3.96. The number of hydrogen-bond acceptors (Lipinski definition) is 5. The second-order valence-corrected chi connectivity index (χ2v) is 6.65. The molecule has 26 heavy (non-hydrogen) atoms. The van der Waals surface area contributed by atoms with E-state index in [4.69, 9.17) is 4.52 Å². The number of likely N-dealkylation sites (tertiary alicyclic amines) is 1. The van der Waals surface area contributed by atoms with Crippen LogP contribution in [0.3, 0.4) is 0 Å². The first-order valence-corrected chi connectivity index (χ1v) is 8.99. The van der Waals surface area contributed by atoms with E-state index < -0.39 is 0 Å². The van der Waals surface area contributed by atoms with Gasteiger partial charge >= 0.3 is 0 Å². The number of piperidine rings is 1. The van der Waals surface area contributed by atoms with Crippen molar-refractivity contribution in [2.75, 3.05) is 6.54 Å². The van der Waals surface area contributed by atoms with E-state index in [-0.39, 0.29) is 11.9 Å². The van der Waals surface area contributed by atoms with Gasteiger partial charge < -0.3 is 4.52 Å². The normalized spacial score (nSPS) is 18.1. The van der Waals surface area contributed by atoms with Crippen LogP contribution in [0.25, 0.3) is 0 Å². The fourth-order valence-electron chi connectivity index (χ4n) is 3.52. The van der Waals surface area contributed by atoms with Crippen LogP contribution in [0.2, 0.25) is 0 Å². The molecule has 1 unspecified atom stereocenters. The number of hydrogen-bond donors (Lipinski definition) is 0. The Bertz CT molecular complexity index is 852. The Hall–Kier alpha value is -2.60. The molecule has 0 amide bonds. The van der Waals surface area contributed by atoms with E-state index in [2.05, 4.69) is 26.1 Å². The maximum absolute atomic E-state index is 13.3. The van der Waals surface area contributed by atoms with E-state index in [1.807, 2.05) is 24.4 Å². The summed E-state index contributed by atoms with van der Waals surface area (Å²) in [5.41, 5.74) is 1.92. The molecular weight excluding hydrogens is 331 g/mol. The molecule has 0 bridgehead atoms. The summed E-state index contributed by atoms with van der Waals surface area (Å²) in [6.45, 7) is 1.60. The summed E-state index contributed by atoms with van der Waals surface area (Å²) in [5, 5.41) is 4.05. The Morgan fingerprint density at radius 2 is 2.12 bits per heavy atom. The number of nitrogens with zero attached hydrogens (tertiary/aromatic N) is 4. The number of benzene rings is 1. The van der Waals surface area contributed by atoms with E-state index in [0.717, 1.165) is 30.6 Å². The minimum absolute atomic E-state index is 0.252. The molecule has 0 spiro atoms. The van der Waals surface area contributed by atoms with Gasteiger partial charge in [0.1, 0.15) is 5.82 Å². The van der Waals surface area contributed by atoms with Crippen LogP contribution in [0.15, 0.2) is 53.2 Å². The molecule has 3 heterocycles. The highest BCUT2D eigenvalue weighted by Crippen LogP contribution is 2.30. The number of halogens is 1. The minimum atomic E-state index is -0.252. The van der Waals surface area contributed by atoms with Gasteiger partial charge in [0.25, 0.3) is 0 Å². The number of rotatable bonds is 5. The zero-order valence-electron chi connectivity index (χ0n) is 14.5. The van der Waals surface area contributed by atoms with Gasteiger partial charge in [-0.25, -0.2) is 4.39 Å². The maximum atomic E-state index is 13.3. The topological polar surface area (TPSA) is 55.1 Å². The average Bonchev–Trinajstić information content (AvgIpc) is 3.10. The van der Waals surface area contributed by atoms with E-state index >= 15 is 0 Å². The third-order valence-corrected chi connectivity index (χ3v) is 4.74. The number of aromatic nitrogens is 3. The lowest BCUT2D eigenvalue weighted by atomic mass is 9.99. The van der Waals surface area contributed by atoms with Crippen LogP contribution in [0.5, 0.6) is 0 Å². The fourth-order valence-corrected chi connectivity index (χ4v) is 3.52. The highest BCUT2D eigenvalue weighted by atomic mass is 19.1. The molecule has 5 nitrogen and oxygen atoms in total. The molecule has 4 rings (SSSR count). The molecule has 0 aliphatic carbocycles. The van der Waals surface area contributed by atoms with Gasteiger partial charge in [-0.3, -0.25) is 9.88 Å². The van der Waals surface area contributed by atoms with Crippen LogP contribution >= 0.6 is 0 Å². The van der Waals surface area contributed by atoms with E-state index in [9.17, 15) is 4.39 Å². The third-order valence-electron chi connectivity index (χ3n) is 4.74. The smallest absolute Gasteiger partial charge is 0.240 e. The first kappa shape index (κ1) is 16.8. The van der Waals surface area contributed by atoms with Gasteiger partial charge in [-0.15, -0.1) is 0 Å². The van der Waals surface area contributed by atoms with Crippen LogP contribution in [-0.2, 0) is 13.0 Å². The second-order valence-electron chi connectivity index (χ2n) is 6.65. The van der Waals surface area contributed by atoms with Crippen LogP contribution in [0.1, 0.15) is 48.3 Å². The molecule has 2 aromatic heterocycles. The van der Waals surface area contributed by atoms with Crippen LogP contribution in [0, 0.1) is 5.82 Å². The molecule has 1 fully saturated rings. The van der Waals surface area contributed by atoms with Crippen molar-refractivity contribution in [3.05, 3.63) is 77.5 Å². The van der Waals surface area contributed by atoms with Gasteiger partial charge in [-0.2, -0.15) is 4.98 Å². The largest absolute Gasteiger partial charge is 0.338 e. The summed E-state index contributed by atoms with van der Waals surface area (Å²) in [6.07, 6.45) is 5.75. The van der Waals surface area contributed by atoms with Crippen molar-refractivity contribution in [2.24, 2.45) is 0 Å². The van der Waals surface area contributed by atoms with Gasteiger partial charge in [0.15, 0.2) is 5.82 Å². The van der Waals surface area contributed by atoms with Crippen LogP contribution in [0.4, 0.5) is 4.39 Å². The molecule has 1 aromatic carbocycles.